The predicted molar refractivity (Wildman–Crippen MR) is 83.4 cm³/mol. The van der Waals surface area contributed by atoms with Gasteiger partial charge >= 0.3 is 0 Å². The van der Waals surface area contributed by atoms with E-state index in [0.717, 1.165) is 25.5 Å². The van der Waals surface area contributed by atoms with E-state index in [1.165, 1.54) is 13.5 Å². The Bertz CT molecular complexity index is 529. The van der Waals surface area contributed by atoms with Gasteiger partial charge in [0.15, 0.2) is 18.1 Å². The van der Waals surface area contributed by atoms with Crippen LogP contribution in [0.2, 0.25) is 0 Å². The van der Waals surface area contributed by atoms with Crippen molar-refractivity contribution >= 4 is 12.2 Å². The molecule has 1 aliphatic rings. The number of ether oxygens (including phenoxy) is 2. The third-order valence-electron chi connectivity index (χ3n) is 4.14. The van der Waals surface area contributed by atoms with Gasteiger partial charge in [0.05, 0.1) is 7.11 Å². The van der Waals surface area contributed by atoms with E-state index in [2.05, 4.69) is 12.2 Å². The second kappa shape index (κ2) is 7.82. The van der Waals surface area contributed by atoms with E-state index in [1.54, 1.807) is 18.2 Å². The number of carbonyl (C=O) groups is 2. The number of nitrogens with one attached hydrogen (secondary N) is 1. The minimum Gasteiger partial charge on any atom is -0.493 e. The van der Waals surface area contributed by atoms with Gasteiger partial charge in [-0.15, -0.1) is 0 Å². The largest absolute Gasteiger partial charge is 0.493 e. The first-order chi connectivity index (χ1) is 10.6. The number of amides is 1. The van der Waals surface area contributed by atoms with Gasteiger partial charge in [0.2, 0.25) is 0 Å². The standard InChI is InChI=1S/C17H23NO4/c1-12-5-3-4-6-14(12)18-17(20)11-22-16-9-13(10-19)7-8-15(16)21-2/h7-10,12,14H,3-6,11H2,1-2H3,(H,18,20)/t12-,14+/m1/s1. The van der Waals surface area contributed by atoms with Crippen molar-refractivity contribution in [3.8, 4) is 11.5 Å². The smallest absolute Gasteiger partial charge is 0.258 e. The van der Waals surface area contributed by atoms with Crippen LogP contribution >= 0.6 is 0 Å². The number of carbonyl (C=O) groups excluding carboxylic acids is 2. The number of hydrogen-bond donors (Lipinski definition) is 1. The topological polar surface area (TPSA) is 64.6 Å². The van der Waals surface area contributed by atoms with Crippen molar-refractivity contribution in [2.75, 3.05) is 13.7 Å². The van der Waals surface area contributed by atoms with Gasteiger partial charge in [0.1, 0.15) is 6.29 Å². The van der Waals surface area contributed by atoms with Gasteiger partial charge in [-0.2, -0.15) is 0 Å². The lowest BCUT2D eigenvalue weighted by Crippen LogP contribution is -2.43. The summed E-state index contributed by atoms with van der Waals surface area (Å²) in [6.07, 6.45) is 5.30. The van der Waals surface area contributed by atoms with E-state index < -0.39 is 0 Å². The van der Waals surface area contributed by atoms with Crippen LogP contribution in [-0.2, 0) is 4.79 Å². The Kier molecular flexibility index (Phi) is 5.81. The molecule has 0 saturated heterocycles. The molecule has 0 heterocycles. The molecule has 2 atom stereocenters. The molecule has 2 rings (SSSR count). The summed E-state index contributed by atoms with van der Waals surface area (Å²) >= 11 is 0. The monoisotopic (exact) mass is 305 g/mol. The molecule has 22 heavy (non-hydrogen) atoms. The van der Waals surface area contributed by atoms with Crippen LogP contribution in [0.4, 0.5) is 0 Å². The van der Waals surface area contributed by atoms with Crippen molar-refractivity contribution in [2.24, 2.45) is 5.92 Å². The summed E-state index contributed by atoms with van der Waals surface area (Å²) in [6.45, 7) is 2.09. The molecular weight excluding hydrogens is 282 g/mol. The molecule has 1 aliphatic carbocycles. The molecule has 1 N–H and O–H groups in total. The Morgan fingerprint density at radius 3 is 2.77 bits per heavy atom. The average molecular weight is 305 g/mol. The third-order valence-corrected chi connectivity index (χ3v) is 4.14. The van der Waals surface area contributed by atoms with Gasteiger partial charge in [0.25, 0.3) is 5.91 Å². The van der Waals surface area contributed by atoms with E-state index in [0.29, 0.717) is 23.0 Å². The molecule has 1 amide bonds. The Morgan fingerprint density at radius 2 is 2.09 bits per heavy atom. The first-order valence-corrected chi connectivity index (χ1v) is 7.69. The molecular formula is C17H23NO4. The summed E-state index contributed by atoms with van der Waals surface area (Å²) in [5.41, 5.74) is 0.483. The van der Waals surface area contributed by atoms with Crippen molar-refractivity contribution in [3.63, 3.8) is 0 Å². The highest BCUT2D eigenvalue weighted by atomic mass is 16.5. The first kappa shape index (κ1) is 16.3. The maximum Gasteiger partial charge on any atom is 0.258 e. The minimum absolute atomic E-state index is 0.0815. The number of benzene rings is 1. The highest BCUT2D eigenvalue weighted by Gasteiger charge is 2.23. The zero-order chi connectivity index (χ0) is 15.9. The Labute approximate surface area is 131 Å². The Morgan fingerprint density at radius 1 is 1.32 bits per heavy atom. The normalized spacial score (nSPS) is 21.0. The van der Waals surface area contributed by atoms with Crippen LogP contribution in [-0.4, -0.2) is 32.0 Å². The molecule has 120 valence electrons. The number of methoxy groups -OCH3 is 1. The zero-order valence-electron chi connectivity index (χ0n) is 13.1. The zero-order valence-corrected chi connectivity index (χ0v) is 13.1. The summed E-state index contributed by atoms with van der Waals surface area (Å²) in [5, 5.41) is 3.03. The quantitative estimate of drug-likeness (QED) is 0.820. The molecule has 1 aromatic carbocycles. The van der Waals surface area contributed by atoms with E-state index >= 15 is 0 Å². The van der Waals surface area contributed by atoms with Crippen molar-refractivity contribution in [1.82, 2.24) is 5.32 Å². The number of aldehydes is 1. The minimum atomic E-state index is -0.141. The summed E-state index contributed by atoms with van der Waals surface area (Å²) < 4.78 is 10.7. The molecule has 5 heteroatoms. The highest BCUT2D eigenvalue weighted by molar-refractivity contribution is 5.79. The third kappa shape index (κ3) is 4.23. The lowest BCUT2D eigenvalue weighted by molar-refractivity contribution is -0.124. The fourth-order valence-corrected chi connectivity index (χ4v) is 2.80. The van der Waals surface area contributed by atoms with E-state index in [4.69, 9.17) is 9.47 Å². The predicted octanol–water partition coefficient (Wildman–Crippen LogP) is 2.58. The van der Waals surface area contributed by atoms with Gasteiger partial charge in [-0.05, 0) is 37.0 Å². The molecule has 1 fully saturated rings. The van der Waals surface area contributed by atoms with Crippen LogP contribution in [0.5, 0.6) is 11.5 Å². The maximum atomic E-state index is 12.0. The lowest BCUT2D eigenvalue weighted by atomic mass is 9.86. The average Bonchev–Trinajstić information content (AvgIpc) is 2.54. The summed E-state index contributed by atoms with van der Waals surface area (Å²) in [6, 6.07) is 5.10. The van der Waals surface area contributed by atoms with Crippen LogP contribution in [0.3, 0.4) is 0 Å². The Hall–Kier alpha value is -2.04. The first-order valence-electron chi connectivity index (χ1n) is 7.69. The van der Waals surface area contributed by atoms with Crippen LogP contribution in [0, 0.1) is 5.92 Å². The second-order valence-corrected chi connectivity index (χ2v) is 5.75. The molecule has 1 aromatic rings. The molecule has 0 aromatic heterocycles. The van der Waals surface area contributed by atoms with E-state index in [1.807, 2.05) is 0 Å². The lowest BCUT2D eigenvalue weighted by Gasteiger charge is -2.29. The van der Waals surface area contributed by atoms with Crippen LogP contribution in [0.25, 0.3) is 0 Å². The summed E-state index contributed by atoms with van der Waals surface area (Å²) in [7, 11) is 1.52. The number of rotatable bonds is 6. The van der Waals surface area contributed by atoms with Gasteiger partial charge in [0, 0.05) is 11.6 Å². The Balaban J connectivity index is 1.91. The van der Waals surface area contributed by atoms with Crippen molar-refractivity contribution < 1.29 is 19.1 Å². The van der Waals surface area contributed by atoms with Crippen LogP contribution < -0.4 is 14.8 Å². The van der Waals surface area contributed by atoms with Crippen LogP contribution in [0.15, 0.2) is 18.2 Å². The summed E-state index contributed by atoms with van der Waals surface area (Å²) in [4.78, 5) is 22.9. The highest BCUT2D eigenvalue weighted by Crippen LogP contribution is 2.27. The molecule has 5 nitrogen and oxygen atoms in total. The van der Waals surface area contributed by atoms with Crippen molar-refractivity contribution in [1.29, 1.82) is 0 Å². The molecule has 0 radical (unpaired) electrons. The molecule has 0 spiro atoms. The molecule has 0 aliphatic heterocycles. The van der Waals surface area contributed by atoms with Gasteiger partial charge in [-0.1, -0.05) is 19.8 Å². The van der Waals surface area contributed by atoms with Crippen LogP contribution in [0.1, 0.15) is 43.0 Å². The molecule has 0 bridgehead atoms. The fraction of sp³-hybridized carbons (Fsp3) is 0.529. The van der Waals surface area contributed by atoms with E-state index in [-0.39, 0.29) is 18.6 Å². The van der Waals surface area contributed by atoms with Gasteiger partial charge in [-0.25, -0.2) is 0 Å². The van der Waals surface area contributed by atoms with Crippen molar-refractivity contribution in [2.45, 2.75) is 38.6 Å². The SMILES string of the molecule is COc1ccc(C=O)cc1OCC(=O)N[C@H]1CCCC[C@H]1C. The molecule has 1 saturated carbocycles. The molecule has 0 unspecified atom stereocenters. The maximum absolute atomic E-state index is 12.0. The second-order valence-electron chi connectivity index (χ2n) is 5.75. The van der Waals surface area contributed by atoms with Crippen molar-refractivity contribution in [3.05, 3.63) is 23.8 Å². The van der Waals surface area contributed by atoms with Gasteiger partial charge < -0.3 is 14.8 Å². The fourth-order valence-electron chi connectivity index (χ4n) is 2.80. The van der Waals surface area contributed by atoms with Gasteiger partial charge in [-0.3, -0.25) is 9.59 Å². The number of hydrogen-bond acceptors (Lipinski definition) is 4. The van der Waals surface area contributed by atoms with E-state index in [9.17, 15) is 9.59 Å². The summed E-state index contributed by atoms with van der Waals surface area (Å²) in [5.74, 6) is 1.27.